The fourth-order valence-electron chi connectivity index (χ4n) is 4.09. The molecule has 7 nitrogen and oxygen atoms in total. The molecule has 2 atom stereocenters. The molecule has 0 saturated heterocycles. The number of amides is 2. The van der Waals surface area contributed by atoms with Crippen molar-refractivity contribution in [2.45, 2.75) is 51.5 Å². The molecule has 2 aromatic rings. The molecule has 176 valence electrons. The molecule has 0 radical (unpaired) electrons. The molecule has 2 aromatic carbocycles. The number of carboxylic acids is 1. The van der Waals surface area contributed by atoms with Crippen molar-refractivity contribution in [2.24, 2.45) is 5.92 Å². The normalized spacial score (nSPS) is 14.0. The largest absolute Gasteiger partial charge is 0.481 e. The van der Waals surface area contributed by atoms with Crippen LogP contribution in [0.5, 0.6) is 0 Å². The number of rotatable bonds is 11. The fourth-order valence-corrected chi connectivity index (χ4v) is 4.09. The molecule has 0 heterocycles. The lowest BCUT2D eigenvalue weighted by molar-refractivity contribution is -0.142. The summed E-state index contributed by atoms with van der Waals surface area (Å²) < 4.78 is 5.51. The summed E-state index contributed by atoms with van der Waals surface area (Å²) >= 11 is 0. The summed E-state index contributed by atoms with van der Waals surface area (Å²) in [4.78, 5) is 35.0. The van der Waals surface area contributed by atoms with E-state index in [1.54, 1.807) is 13.8 Å². The highest BCUT2D eigenvalue weighted by molar-refractivity contribution is 5.79. The van der Waals surface area contributed by atoms with Crippen LogP contribution in [0, 0.1) is 5.92 Å². The molecule has 0 aliphatic heterocycles. The van der Waals surface area contributed by atoms with Crippen LogP contribution in [0.2, 0.25) is 0 Å². The Balaban J connectivity index is 1.33. The van der Waals surface area contributed by atoms with Crippen LogP contribution in [0.1, 0.15) is 56.6 Å². The number of nitrogens with one attached hydrogen (secondary N) is 2. The summed E-state index contributed by atoms with van der Waals surface area (Å²) in [5, 5.41) is 14.5. The summed E-state index contributed by atoms with van der Waals surface area (Å²) in [7, 11) is 0. The average molecular weight is 453 g/mol. The Hall–Kier alpha value is -3.35. The lowest BCUT2D eigenvalue weighted by Gasteiger charge is -2.17. The lowest BCUT2D eigenvalue weighted by atomic mass is 9.98. The van der Waals surface area contributed by atoms with Crippen molar-refractivity contribution < 1.29 is 24.2 Å². The van der Waals surface area contributed by atoms with Gasteiger partial charge in [0.25, 0.3) is 0 Å². The Morgan fingerprint density at radius 2 is 1.55 bits per heavy atom. The van der Waals surface area contributed by atoms with Gasteiger partial charge in [-0.15, -0.1) is 0 Å². The zero-order valence-electron chi connectivity index (χ0n) is 19.2. The lowest BCUT2D eigenvalue weighted by Crippen LogP contribution is -2.39. The maximum absolute atomic E-state index is 12.2. The van der Waals surface area contributed by atoms with Gasteiger partial charge in [-0.25, -0.2) is 4.79 Å². The summed E-state index contributed by atoms with van der Waals surface area (Å²) in [5.74, 6) is -1.68. The van der Waals surface area contributed by atoms with Crippen molar-refractivity contribution in [1.29, 1.82) is 0 Å². The highest BCUT2D eigenvalue weighted by atomic mass is 16.5. The summed E-state index contributed by atoms with van der Waals surface area (Å²) in [6.07, 6.45) is 2.08. The molecule has 3 N–H and O–H groups in total. The first-order chi connectivity index (χ1) is 15.9. The van der Waals surface area contributed by atoms with Crippen LogP contribution in [0.4, 0.5) is 4.79 Å². The van der Waals surface area contributed by atoms with Gasteiger partial charge in [-0.3, -0.25) is 9.59 Å². The zero-order chi connectivity index (χ0) is 23.8. The van der Waals surface area contributed by atoms with Gasteiger partial charge in [-0.2, -0.15) is 0 Å². The summed E-state index contributed by atoms with van der Waals surface area (Å²) in [6.45, 7) is 4.02. The van der Waals surface area contributed by atoms with Crippen LogP contribution in [-0.2, 0) is 14.3 Å². The minimum Gasteiger partial charge on any atom is -0.481 e. The third-order valence-electron chi connectivity index (χ3n) is 6.22. The first-order valence-corrected chi connectivity index (χ1v) is 11.5. The van der Waals surface area contributed by atoms with E-state index in [4.69, 9.17) is 9.84 Å². The predicted molar refractivity (Wildman–Crippen MR) is 126 cm³/mol. The molecular formula is C26H32N2O5. The zero-order valence-corrected chi connectivity index (χ0v) is 19.2. The van der Waals surface area contributed by atoms with Gasteiger partial charge >= 0.3 is 12.1 Å². The molecule has 0 saturated carbocycles. The van der Waals surface area contributed by atoms with Gasteiger partial charge in [-0.05, 0) is 48.9 Å². The number of ether oxygens (including phenoxy) is 1. The maximum atomic E-state index is 12.2. The van der Waals surface area contributed by atoms with E-state index in [-0.39, 0.29) is 18.4 Å². The smallest absolute Gasteiger partial charge is 0.407 e. The van der Waals surface area contributed by atoms with Gasteiger partial charge in [-0.1, -0.05) is 55.0 Å². The SMILES string of the molecule is CC(NC(=O)CCCCCNC(=O)OCC1c2ccccc2-c2ccccc21)C(C)C(=O)O. The predicted octanol–water partition coefficient (Wildman–Crippen LogP) is 4.31. The highest BCUT2D eigenvalue weighted by Gasteiger charge is 2.29. The monoisotopic (exact) mass is 452 g/mol. The number of aliphatic carboxylic acids is 1. The van der Waals surface area contributed by atoms with Crippen molar-refractivity contribution >= 4 is 18.0 Å². The first-order valence-electron chi connectivity index (χ1n) is 11.5. The Morgan fingerprint density at radius 3 is 2.15 bits per heavy atom. The quantitative estimate of drug-likeness (QED) is 0.441. The minimum absolute atomic E-state index is 0.0351. The standard InChI is InChI=1S/C26H32N2O5/c1-17(25(30)31)18(2)28-24(29)14-4-3-9-15-27-26(32)33-16-23-21-12-7-5-10-19(21)20-11-6-8-13-22(20)23/h5-8,10-13,17-18,23H,3-4,9,14-16H2,1-2H3,(H,27,32)(H,28,29)(H,30,31). The second kappa shape index (κ2) is 11.5. The Morgan fingerprint density at radius 1 is 0.939 bits per heavy atom. The van der Waals surface area contributed by atoms with Gasteiger partial charge in [0, 0.05) is 24.9 Å². The van der Waals surface area contributed by atoms with Crippen LogP contribution in [0.15, 0.2) is 48.5 Å². The van der Waals surface area contributed by atoms with Gasteiger partial charge < -0.3 is 20.5 Å². The van der Waals surface area contributed by atoms with E-state index >= 15 is 0 Å². The van der Waals surface area contributed by atoms with Gasteiger partial charge in [0.05, 0.1) is 5.92 Å². The second-order valence-electron chi connectivity index (χ2n) is 8.55. The van der Waals surface area contributed by atoms with Crippen LogP contribution >= 0.6 is 0 Å². The molecule has 2 amide bonds. The van der Waals surface area contributed by atoms with Gasteiger partial charge in [0.2, 0.25) is 5.91 Å². The number of benzene rings is 2. The van der Waals surface area contributed by atoms with E-state index < -0.39 is 24.0 Å². The van der Waals surface area contributed by atoms with E-state index in [0.29, 0.717) is 19.4 Å². The van der Waals surface area contributed by atoms with E-state index in [0.717, 1.165) is 12.8 Å². The topological polar surface area (TPSA) is 105 Å². The molecule has 1 aliphatic carbocycles. The highest BCUT2D eigenvalue weighted by Crippen LogP contribution is 2.44. The van der Waals surface area contributed by atoms with E-state index in [1.807, 2.05) is 24.3 Å². The third kappa shape index (κ3) is 6.34. The molecule has 0 fully saturated rings. The molecule has 1 aliphatic rings. The number of carbonyl (C=O) groups excluding carboxylic acids is 2. The average Bonchev–Trinajstić information content (AvgIpc) is 3.13. The van der Waals surface area contributed by atoms with Crippen LogP contribution < -0.4 is 10.6 Å². The number of alkyl carbamates (subject to hydrolysis) is 1. The van der Waals surface area contributed by atoms with Crippen LogP contribution in [-0.4, -0.2) is 42.3 Å². The van der Waals surface area contributed by atoms with Gasteiger partial charge in [0.1, 0.15) is 6.61 Å². The minimum atomic E-state index is -0.929. The molecule has 0 bridgehead atoms. The summed E-state index contributed by atoms with van der Waals surface area (Å²) in [6, 6.07) is 16.0. The molecule has 0 spiro atoms. The Kier molecular flexibility index (Phi) is 8.46. The van der Waals surface area contributed by atoms with Crippen molar-refractivity contribution in [3.63, 3.8) is 0 Å². The van der Waals surface area contributed by atoms with Crippen molar-refractivity contribution in [3.8, 4) is 11.1 Å². The number of unbranched alkanes of at least 4 members (excludes halogenated alkanes) is 2. The number of hydrogen-bond donors (Lipinski definition) is 3. The first kappa shape index (κ1) is 24.3. The van der Waals surface area contributed by atoms with Crippen molar-refractivity contribution in [3.05, 3.63) is 59.7 Å². The fraction of sp³-hybridized carbons (Fsp3) is 0.423. The number of carbonyl (C=O) groups is 3. The van der Waals surface area contributed by atoms with Gasteiger partial charge in [0.15, 0.2) is 0 Å². The summed E-state index contributed by atoms with van der Waals surface area (Å²) in [5.41, 5.74) is 4.74. The molecule has 0 aromatic heterocycles. The molecule has 7 heteroatoms. The molecule has 2 unspecified atom stereocenters. The molecular weight excluding hydrogens is 420 g/mol. The second-order valence-corrected chi connectivity index (χ2v) is 8.55. The van der Waals surface area contributed by atoms with Crippen LogP contribution in [0.3, 0.4) is 0 Å². The third-order valence-corrected chi connectivity index (χ3v) is 6.22. The number of fused-ring (bicyclic) bond motifs is 3. The van der Waals surface area contributed by atoms with E-state index in [2.05, 4.69) is 34.9 Å². The van der Waals surface area contributed by atoms with Crippen molar-refractivity contribution in [2.75, 3.05) is 13.2 Å². The van der Waals surface area contributed by atoms with Crippen LogP contribution in [0.25, 0.3) is 11.1 Å². The van der Waals surface area contributed by atoms with Crippen molar-refractivity contribution in [1.82, 2.24) is 10.6 Å². The number of carboxylic acid groups (broad SMARTS) is 1. The maximum Gasteiger partial charge on any atom is 0.407 e. The molecule has 3 rings (SSSR count). The van der Waals surface area contributed by atoms with E-state index in [1.165, 1.54) is 22.3 Å². The Labute approximate surface area is 194 Å². The number of hydrogen-bond acceptors (Lipinski definition) is 4. The molecule has 33 heavy (non-hydrogen) atoms. The Bertz CT molecular complexity index is 945. The van der Waals surface area contributed by atoms with E-state index in [9.17, 15) is 14.4 Å².